The Balaban J connectivity index is 2.59. The van der Waals surface area contributed by atoms with Gasteiger partial charge in [-0.3, -0.25) is 38.4 Å². The molecule has 12 radical (unpaired) electrons. The van der Waals surface area contributed by atoms with Gasteiger partial charge in [0, 0.05) is 96.4 Å². The quantitative estimate of drug-likeness (QED) is 0.0189. The third-order valence-electron chi connectivity index (χ3n) is 8.58. The highest BCUT2D eigenvalue weighted by atomic mass is 16.5. The second-order valence-corrected chi connectivity index (χ2v) is 13.4. The van der Waals surface area contributed by atoms with E-state index in [0.717, 1.165) is 26.4 Å². The number of Topliss-reactive ketones (excluding diaryl/α,β-unsaturated/α-hetero) is 1. The Morgan fingerprint density at radius 1 is 0.516 bits per heavy atom. The van der Waals surface area contributed by atoms with Gasteiger partial charge >= 0.3 is 5.97 Å². The lowest BCUT2D eigenvalue weighted by Gasteiger charge is -2.24. The van der Waals surface area contributed by atoms with E-state index in [0.29, 0.717) is 12.1 Å². The number of hydrogen-bond donors (Lipinski definition) is 5. The third-order valence-corrected chi connectivity index (χ3v) is 8.58. The number of carbonyl (C=O) groups is 9. The van der Waals surface area contributed by atoms with Gasteiger partial charge in [-0.1, -0.05) is 30.3 Å². The summed E-state index contributed by atoms with van der Waals surface area (Å²) in [5.41, 5.74) is 0.673. The summed E-state index contributed by atoms with van der Waals surface area (Å²) in [4.78, 5) is 118. The molecule has 0 aliphatic rings. The van der Waals surface area contributed by atoms with Crippen molar-refractivity contribution in [2.45, 2.75) is 31.9 Å². The second-order valence-electron chi connectivity index (χ2n) is 13.4. The molecule has 0 bridgehead atoms. The van der Waals surface area contributed by atoms with Crippen molar-refractivity contribution in [2.24, 2.45) is 0 Å². The fraction of sp³-hybridized carbons (Fsp3) is 0.571. The highest BCUT2D eigenvalue weighted by Crippen LogP contribution is 2.03. The molecule has 1 aromatic rings. The molecule has 0 aliphatic heterocycles. The van der Waals surface area contributed by atoms with Gasteiger partial charge in [-0.25, -0.2) is 4.79 Å². The normalized spacial score (nSPS) is 10.3. The molecule has 0 heterocycles. The van der Waals surface area contributed by atoms with E-state index in [1.54, 1.807) is 37.4 Å². The van der Waals surface area contributed by atoms with Crippen LogP contribution in [-0.4, -0.2) is 231 Å². The number of likely N-dealkylation sites (N-methyl/N-ethyl adjacent to an activating group) is 1. The topological polar surface area (TPSA) is 236 Å². The van der Waals surface area contributed by atoms with Gasteiger partial charge in [-0.15, -0.1) is 0 Å². The van der Waals surface area contributed by atoms with Gasteiger partial charge in [0.1, 0.15) is 6.61 Å². The minimum Gasteiger partial charge on any atom is -0.455 e. The third kappa shape index (κ3) is 24.5. The molecule has 320 valence electrons. The van der Waals surface area contributed by atoms with Crippen molar-refractivity contribution in [3.63, 3.8) is 0 Å². The predicted octanol–water partition coefficient (Wildman–Crippen LogP) is -6.41. The van der Waals surface area contributed by atoms with E-state index in [1.165, 1.54) is 21.9 Å². The number of nitrogens with one attached hydrogen (secondary N) is 5. The van der Waals surface area contributed by atoms with Crippen LogP contribution in [0.15, 0.2) is 30.3 Å². The van der Waals surface area contributed by atoms with Crippen molar-refractivity contribution in [3.05, 3.63) is 35.9 Å². The molecule has 0 fully saturated rings. The van der Waals surface area contributed by atoms with Crippen LogP contribution in [0.1, 0.15) is 5.56 Å². The number of hydrogen-bond acceptors (Lipinski definition) is 12. The molecule has 0 spiro atoms. The molecule has 19 nitrogen and oxygen atoms in total. The Hall–Kier alpha value is -4.91. The summed E-state index contributed by atoms with van der Waals surface area (Å²) < 4.78 is 5.05. The molecule has 62 heavy (non-hydrogen) atoms. The molecule has 27 heteroatoms. The molecule has 0 aromatic heterocycles. The molecule has 0 atom stereocenters. The van der Waals surface area contributed by atoms with Crippen molar-refractivity contribution in [2.75, 3.05) is 98.7 Å². The van der Waals surface area contributed by atoms with Gasteiger partial charge in [0.05, 0.1) is 54.9 Å². The van der Waals surface area contributed by atoms with Gasteiger partial charge in [0.2, 0.25) is 41.4 Å². The fourth-order valence-electron chi connectivity index (χ4n) is 5.35. The van der Waals surface area contributed by atoms with Crippen LogP contribution in [0.2, 0.25) is 25.3 Å². The first-order valence-electron chi connectivity index (χ1n) is 19.9. The summed E-state index contributed by atoms with van der Waals surface area (Å²) in [6.07, 6.45) is -0.536. The number of nitrogens with zero attached hydrogens (tertiary/aromatic N) is 4. The maximum absolute atomic E-state index is 12.8. The summed E-state index contributed by atoms with van der Waals surface area (Å²) in [6.45, 7) is -0.393. The molecular formula is C35H51B8N9O10. The minimum absolute atomic E-state index is 0.00210. The molecule has 1 rings (SSSR count). The molecule has 0 saturated heterocycles. The van der Waals surface area contributed by atoms with Crippen LogP contribution in [0, 0.1) is 0 Å². The van der Waals surface area contributed by atoms with E-state index >= 15 is 0 Å². The Morgan fingerprint density at radius 2 is 0.903 bits per heavy atom. The van der Waals surface area contributed by atoms with E-state index in [-0.39, 0.29) is 116 Å². The Kier molecular flexibility index (Phi) is 29.9. The second kappa shape index (κ2) is 33.7. The zero-order valence-electron chi connectivity index (χ0n) is 35.3. The fourth-order valence-corrected chi connectivity index (χ4v) is 5.35. The summed E-state index contributed by atoms with van der Waals surface area (Å²) in [5, 5.41) is 13.9. The molecular weight excluding hydrogens is 793 g/mol. The number of ketones is 1. The Morgan fingerprint density at radius 3 is 1.32 bits per heavy atom. The van der Waals surface area contributed by atoms with Crippen molar-refractivity contribution >= 4 is 113 Å². The monoisotopic (exact) mass is 845 g/mol. The van der Waals surface area contributed by atoms with Gasteiger partial charge in [0.15, 0.2) is 0 Å². The molecule has 0 unspecified atom stereocenters. The maximum Gasteiger partial charge on any atom is 0.376 e. The van der Waals surface area contributed by atoms with Gasteiger partial charge in [0.25, 0.3) is 5.78 Å². The Bertz CT molecular complexity index is 1590. The van der Waals surface area contributed by atoms with E-state index in [2.05, 4.69) is 26.6 Å². The zero-order chi connectivity index (χ0) is 46.1. The molecule has 0 aliphatic carbocycles. The predicted molar refractivity (Wildman–Crippen MR) is 239 cm³/mol. The minimum atomic E-state index is -1.12. The lowest BCUT2D eigenvalue weighted by molar-refractivity contribution is -0.156. The Labute approximate surface area is 372 Å². The smallest absolute Gasteiger partial charge is 0.376 e. The van der Waals surface area contributed by atoms with Crippen LogP contribution < -0.4 is 26.6 Å². The average molecular weight is 844 g/mol. The van der Waals surface area contributed by atoms with Crippen LogP contribution in [0.4, 0.5) is 0 Å². The number of benzene rings is 1. The first kappa shape index (κ1) is 55.1. The first-order chi connectivity index (χ1) is 29.8. The van der Waals surface area contributed by atoms with Gasteiger partial charge in [-0.05, 0) is 37.9 Å². The van der Waals surface area contributed by atoms with Gasteiger partial charge in [-0.2, -0.15) is 0 Å². The number of amides is 7. The van der Waals surface area contributed by atoms with Crippen LogP contribution in [0.25, 0.3) is 0 Å². The molecule has 5 N–H and O–H groups in total. The lowest BCUT2D eigenvalue weighted by atomic mass is 9.53. The summed E-state index contributed by atoms with van der Waals surface area (Å²) in [5.74, 6) is -5.34. The van der Waals surface area contributed by atoms with E-state index < -0.39 is 53.7 Å². The zero-order valence-corrected chi connectivity index (χ0v) is 35.3. The SMILES string of the molecule is [B][B]CC(=O)N(CCNC)CC(=O)NCCN(CC(=O)NCCNCCN(CC(=O)NCCN(CC(=O)C(=O)OCc1ccccc1)C(=O)C[B][B])C(=O)C[B][B])C(=O)C[B][B]. The van der Waals surface area contributed by atoms with E-state index in [9.17, 15) is 43.2 Å². The largest absolute Gasteiger partial charge is 0.455 e. The van der Waals surface area contributed by atoms with Crippen LogP contribution >= 0.6 is 0 Å². The van der Waals surface area contributed by atoms with Gasteiger partial charge < -0.3 is 50.9 Å². The maximum atomic E-state index is 12.8. The highest BCUT2D eigenvalue weighted by molar-refractivity contribution is 6.91. The van der Waals surface area contributed by atoms with Crippen molar-refractivity contribution < 1.29 is 47.9 Å². The van der Waals surface area contributed by atoms with Crippen LogP contribution in [0.3, 0.4) is 0 Å². The summed E-state index contributed by atoms with van der Waals surface area (Å²) in [7, 11) is 27.9. The molecule has 0 saturated carbocycles. The number of ether oxygens (including phenoxy) is 1. The molecule has 7 amide bonds. The standard InChI is InChI=1S/C35H51B8N9O10/c1-44-9-13-50(32(58)18-41-37)23-29(55)48-12-16-52(34(60)20-43-39)22-28(54)46-8-7-45-10-14-51(33(59)19-42-38)24-30(56)47-11-15-49(31(57)17-40-36)21-27(53)35(61)62-25-26-5-3-2-4-6-26/h2-6,44-45H,7-25H2,1H3,(H,46,54)(H,47,56)(H,48,55). The highest BCUT2D eigenvalue weighted by Gasteiger charge is 2.24. The lowest BCUT2D eigenvalue weighted by Crippen LogP contribution is -2.48. The van der Waals surface area contributed by atoms with Crippen molar-refractivity contribution in [1.29, 1.82) is 0 Å². The van der Waals surface area contributed by atoms with Crippen molar-refractivity contribution in [3.8, 4) is 0 Å². The molecule has 1 aromatic carbocycles. The van der Waals surface area contributed by atoms with E-state index in [1.807, 2.05) is 0 Å². The van der Waals surface area contributed by atoms with Crippen LogP contribution in [-0.2, 0) is 54.5 Å². The summed E-state index contributed by atoms with van der Waals surface area (Å²) >= 11 is 0. The van der Waals surface area contributed by atoms with Crippen LogP contribution in [0.5, 0.6) is 0 Å². The average Bonchev–Trinajstić information content (AvgIpc) is 3.24. The number of carbonyl (C=O) groups excluding carboxylic acids is 9. The van der Waals surface area contributed by atoms with Crippen molar-refractivity contribution in [1.82, 2.24) is 46.2 Å². The number of esters is 1. The number of rotatable bonds is 34. The van der Waals surface area contributed by atoms with E-state index in [4.69, 9.17) is 35.7 Å². The summed E-state index contributed by atoms with van der Waals surface area (Å²) in [6, 6.07) is 8.72. The first-order valence-corrected chi connectivity index (χ1v) is 19.9.